The second-order valence-corrected chi connectivity index (χ2v) is 8.16. The van der Waals surface area contributed by atoms with E-state index in [4.69, 9.17) is 33.3 Å². The van der Waals surface area contributed by atoms with Gasteiger partial charge in [0.15, 0.2) is 16.6 Å². The van der Waals surface area contributed by atoms with Crippen LogP contribution >= 0.6 is 23.8 Å². The predicted molar refractivity (Wildman–Crippen MR) is 131 cm³/mol. The molecule has 1 heterocycles. The smallest absolute Gasteiger partial charge is 0.270 e. The third kappa shape index (κ3) is 5.16. The molecule has 0 radical (unpaired) electrons. The summed E-state index contributed by atoms with van der Waals surface area (Å²) < 4.78 is 38.9. The van der Waals surface area contributed by atoms with E-state index in [0.29, 0.717) is 11.1 Å². The summed E-state index contributed by atoms with van der Waals surface area (Å²) in [5.41, 5.74) is 0.561. The molecule has 1 fully saturated rings. The van der Waals surface area contributed by atoms with Crippen LogP contribution in [0.15, 0.2) is 66.2 Å². The second kappa shape index (κ2) is 10.2. The molecule has 10 heteroatoms. The highest BCUT2D eigenvalue weighted by Gasteiger charge is 2.35. The molecule has 4 rings (SSSR count). The number of benzene rings is 3. The highest BCUT2D eigenvalue weighted by Crippen LogP contribution is 2.38. The maximum atomic E-state index is 14.3. The minimum absolute atomic E-state index is 0.0320. The summed E-state index contributed by atoms with van der Waals surface area (Å²) in [5.74, 6) is -2.19. The van der Waals surface area contributed by atoms with Crippen molar-refractivity contribution >= 4 is 52.5 Å². The van der Waals surface area contributed by atoms with E-state index in [2.05, 4.69) is 5.32 Å². The van der Waals surface area contributed by atoms with Crippen LogP contribution in [0.25, 0.3) is 6.08 Å². The van der Waals surface area contributed by atoms with Crippen LogP contribution in [0.4, 0.5) is 14.5 Å². The molecular formula is C25H17ClF2N2O4S. The van der Waals surface area contributed by atoms with Gasteiger partial charge in [0.2, 0.25) is 0 Å². The maximum absolute atomic E-state index is 14.3. The molecule has 3 aromatic rings. The van der Waals surface area contributed by atoms with Gasteiger partial charge in [-0.15, -0.1) is 0 Å². The van der Waals surface area contributed by atoms with Crippen molar-refractivity contribution in [3.63, 3.8) is 0 Å². The van der Waals surface area contributed by atoms with Gasteiger partial charge < -0.3 is 9.47 Å². The Morgan fingerprint density at radius 3 is 2.57 bits per heavy atom. The lowest BCUT2D eigenvalue weighted by atomic mass is 10.1. The Hall–Kier alpha value is -3.82. The first-order valence-corrected chi connectivity index (χ1v) is 11.0. The fraction of sp³-hybridized carbons (Fsp3) is 0.0800. The minimum Gasteiger partial charge on any atom is -0.493 e. The molecule has 35 heavy (non-hydrogen) atoms. The average Bonchev–Trinajstić information content (AvgIpc) is 2.82. The van der Waals surface area contributed by atoms with Crippen LogP contribution in [0, 0.1) is 11.6 Å². The van der Waals surface area contributed by atoms with E-state index < -0.39 is 23.4 Å². The van der Waals surface area contributed by atoms with E-state index in [0.717, 1.165) is 4.90 Å². The molecule has 1 saturated heterocycles. The number of thiocarbonyl (C=S) groups is 1. The normalized spacial score (nSPS) is 14.8. The van der Waals surface area contributed by atoms with Gasteiger partial charge in [-0.3, -0.25) is 14.9 Å². The first-order chi connectivity index (χ1) is 16.8. The van der Waals surface area contributed by atoms with Gasteiger partial charge in [-0.2, -0.15) is 0 Å². The highest BCUT2D eigenvalue weighted by atomic mass is 35.5. The van der Waals surface area contributed by atoms with Crippen LogP contribution in [-0.2, 0) is 16.2 Å². The monoisotopic (exact) mass is 514 g/mol. The van der Waals surface area contributed by atoms with Gasteiger partial charge in [0.25, 0.3) is 11.8 Å². The van der Waals surface area contributed by atoms with Gasteiger partial charge in [-0.1, -0.05) is 35.9 Å². The van der Waals surface area contributed by atoms with Crippen LogP contribution in [-0.4, -0.2) is 24.0 Å². The quantitative estimate of drug-likeness (QED) is 0.284. The maximum Gasteiger partial charge on any atom is 0.270 e. The van der Waals surface area contributed by atoms with Crippen molar-refractivity contribution in [3.8, 4) is 11.5 Å². The molecule has 0 unspecified atom stereocenters. The zero-order chi connectivity index (χ0) is 25.1. The Bertz CT molecular complexity index is 1380. The summed E-state index contributed by atoms with van der Waals surface area (Å²) in [6.07, 6.45) is 1.29. The number of ether oxygens (including phenoxy) is 2. The van der Waals surface area contributed by atoms with Gasteiger partial charge in [0.05, 0.1) is 17.8 Å². The number of rotatable bonds is 6. The van der Waals surface area contributed by atoms with Crippen LogP contribution in [0.3, 0.4) is 0 Å². The van der Waals surface area contributed by atoms with E-state index in [-0.39, 0.29) is 39.5 Å². The van der Waals surface area contributed by atoms with Gasteiger partial charge in [0, 0.05) is 0 Å². The predicted octanol–water partition coefficient (Wildman–Crippen LogP) is 5.04. The minimum atomic E-state index is -0.801. The topological polar surface area (TPSA) is 67.9 Å². The standard InChI is InChI=1S/C25H17ClF2N2O4S/c1-33-21-12-15(11-18(26)22(21)34-13-14-5-4-6-16(27)9-14)10-17-23(31)29-25(35)30(24(17)32)20-8-3-2-7-19(20)28/h2-12H,13H2,1H3,(H,29,31,35)/b17-10+. The van der Waals surface area contributed by atoms with E-state index in [9.17, 15) is 18.4 Å². The van der Waals surface area contributed by atoms with Gasteiger partial charge in [-0.05, 0) is 65.8 Å². The van der Waals surface area contributed by atoms with Gasteiger partial charge in [-0.25, -0.2) is 13.7 Å². The van der Waals surface area contributed by atoms with Crippen molar-refractivity contribution in [1.82, 2.24) is 5.32 Å². The van der Waals surface area contributed by atoms with Crippen LogP contribution in [0.1, 0.15) is 11.1 Å². The van der Waals surface area contributed by atoms with Crippen molar-refractivity contribution < 1.29 is 27.8 Å². The highest BCUT2D eigenvalue weighted by molar-refractivity contribution is 7.80. The number of para-hydroxylation sites is 1. The van der Waals surface area contributed by atoms with Crippen LogP contribution in [0.5, 0.6) is 11.5 Å². The Labute approximate surface area is 209 Å². The molecule has 2 amide bonds. The number of hydrogen-bond donors (Lipinski definition) is 1. The largest absolute Gasteiger partial charge is 0.493 e. The molecule has 0 atom stereocenters. The van der Waals surface area contributed by atoms with E-state index >= 15 is 0 Å². The summed E-state index contributed by atoms with van der Waals surface area (Å²) >= 11 is 11.5. The number of anilines is 1. The van der Waals surface area contributed by atoms with Crippen molar-refractivity contribution in [2.45, 2.75) is 6.61 Å². The SMILES string of the molecule is COc1cc(/C=C2\C(=O)NC(=S)N(c3ccccc3F)C2=O)cc(Cl)c1OCc1cccc(F)c1. The number of carbonyl (C=O) groups is 2. The molecule has 3 aromatic carbocycles. The number of halogens is 3. The average molecular weight is 515 g/mol. The fourth-order valence-electron chi connectivity index (χ4n) is 3.42. The lowest BCUT2D eigenvalue weighted by Crippen LogP contribution is -2.54. The van der Waals surface area contributed by atoms with Crippen molar-refractivity contribution in [3.05, 3.63) is 94.0 Å². The van der Waals surface area contributed by atoms with Crippen LogP contribution < -0.4 is 19.7 Å². The second-order valence-electron chi connectivity index (χ2n) is 7.36. The molecule has 1 aliphatic heterocycles. The third-order valence-electron chi connectivity index (χ3n) is 5.03. The Morgan fingerprint density at radius 1 is 1.09 bits per heavy atom. The zero-order valence-electron chi connectivity index (χ0n) is 18.2. The summed E-state index contributed by atoms with van der Waals surface area (Å²) in [4.78, 5) is 26.6. The fourth-order valence-corrected chi connectivity index (χ4v) is 3.97. The molecular weight excluding hydrogens is 498 g/mol. The number of nitrogens with one attached hydrogen (secondary N) is 1. The molecule has 1 N–H and O–H groups in total. The van der Waals surface area contributed by atoms with E-state index in [1.165, 1.54) is 55.7 Å². The Morgan fingerprint density at radius 2 is 1.86 bits per heavy atom. The number of methoxy groups -OCH3 is 1. The Kier molecular flexibility index (Phi) is 7.09. The van der Waals surface area contributed by atoms with E-state index in [1.54, 1.807) is 18.2 Å². The first-order valence-electron chi connectivity index (χ1n) is 10.2. The Balaban J connectivity index is 1.65. The molecule has 0 aromatic heterocycles. The lowest BCUT2D eigenvalue weighted by Gasteiger charge is -2.29. The molecule has 0 spiro atoms. The summed E-state index contributed by atoms with van der Waals surface area (Å²) in [5, 5.41) is 2.30. The van der Waals surface area contributed by atoms with Gasteiger partial charge in [0.1, 0.15) is 23.8 Å². The van der Waals surface area contributed by atoms with Crippen LogP contribution in [0.2, 0.25) is 5.02 Å². The molecule has 6 nitrogen and oxygen atoms in total. The molecule has 1 aliphatic rings. The van der Waals surface area contributed by atoms with Crippen molar-refractivity contribution in [1.29, 1.82) is 0 Å². The van der Waals surface area contributed by atoms with E-state index in [1.807, 2.05) is 0 Å². The molecule has 0 bridgehead atoms. The zero-order valence-corrected chi connectivity index (χ0v) is 19.8. The number of nitrogens with zero attached hydrogens (tertiary/aromatic N) is 1. The summed E-state index contributed by atoms with van der Waals surface area (Å²) in [7, 11) is 1.40. The summed E-state index contributed by atoms with van der Waals surface area (Å²) in [6.45, 7) is 0.0320. The van der Waals surface area contributed by atoms with Gasteiger partial charge >= 0.3 is 0 Å². The lowest BCUT2D eigenvalue weighted by molar-refractivity contribution is -0.122. The third-order valence-corrected chi connectivity index (χ3v) is 5.60. The molecule has 178 valence electrons. The number of hydrogen-bond acceptors (Lipinski definition) is 5. The number of carbonyl (C=O) groups excluding carboxylic acids is 2. The molecule has 0 saturated carbocycles. The van der Waals surface area contributed by atoms with Crippen molar-refractivity contribution in [2.75, 3.05) is 12.0 Å². The molecule has 0 aliphatic carbocycles. The summed E-state index contributed by atoms with van der Waals surface area (Å²) in [6, 6.07) is 14.5. The first kappa shape index (κ1) is 24.3. The van der Waals surface area contributed by atoms with Crippen molar-refractivity contribution in [2.24, 2.45) is 0 Å². The number of amides is 2.